The summed E-state index contributed by atoms with van der Waals surface area (Å²) in [5.74, 6) is 0.127. The maximum atomic E-state index is 12.2. The summed E-state index contributed by atoms with van der Waals surface area (Å²) in [5, 5.41) is 14.1. The van der Waals surface area contributed by atoms with Crippen LogP contribution in [0.4, 0.5) is 0 Å². The quantitative estimate of drug-likeness (QED) is 0.937. The third-order valence-corrected chi connectivity index (χ3v) is 2.68. The van der Waals surface area contributed by atoms with Crippen LogP contribution in [0.25, 0.3) is 5.69 Å². The Bertz CT molecular complexity index is 662. The number of hydrogen-bond donors (Lipinski definition) is 1. The van der Waals surface area contributed by atoms with Crippen LogP contribution in [-0.4, -0.2) is 27.1 Å². The molecule has 2 aromatic rings. The highest BCUT2D eigenvalue weighted by Gasteiger charge is 2.15. The number of hydrogen-bond acceptors (Lipinski definition) is 4. The molecule has 0 saturated heterocycles. The average Bonchev–Trinajstić information content (AvgIpc) is 2.36. The van der Waals surface area contributed by atoms with Crippen molar-refractivity contribution in [1.29, 1.82) is 0 Å². The van der Waals surface area contributed by atoms with Crippen molar-refractivity contribution in [3.05, 3.63) is 51.9 Å². The third kappa shape index (κ3) is 3.59. The smallest absolute Gasteiger partial charge is 0.313 e. The fourth-order valence-corrected chi connectivity index (χ4v) is 1.74. The van der Waals surface area contributed by atoms with Crippen molar-refractivity contribution in [2.24, 2.45) is 0 Å². The van der Waals surface area contributed by atoms with Crippen LogP contribution in [-0.2, 0) is 0 Å². The zero-order valence-corrected chi connectivity index (χ0v) is 12.0. The Morgan fingerprint density at radius 1 is 1.40 bits per heavy atom. The summed E-state index contributed by atoms with van der Waals surface area (Å²) in [6.07, 6.45) is 1.46. The van der Waals surface area contributed by atoms with E-state index in [2.05, 4.69) is 5.10 Å². The van der Waals surface area contributed by atoms with Crippen LogP contribution >= 0.6 is 11.6 Å². The Morgan fingerprint density at radius 2 is 2.15 bits per heavy atom. The second-order valence-electron chi connectivity index (χ2n) is 4.99. The second-order valence-corrected chi connectivity index (χ2v) is 5.43. The molecule has 0 fully saturated rings. The molecule has 2 rings (SSSR count). The van der Waals surface area contributed by atoms with Crippen LogP contribution in [0.5, 0.6) is 5.75 Å². The van der Waals surface area contributed by atoms with Crippen molar-refractivity contribution in [3.8, 4) is 11.4 Å². The zero-order chi connectivity index (χ0) is 14.8. The van der Waals surface area contributed by atoms with Gasteiger partial charge in [0.2, 0.25) is 0 Å². The van der Waals surface area contributed by atoms with Gasteiger partial charge in [0.1, 0.15) is 6.61 Å². The Morgan fingerprint density at radius 3 is 2.80 bits per heavy atom. The molecule has 1 heterocycles. The van der Waals surface area contributed by atoms with E-state index >= 15 is 0 Å². The molecule has 0 aliphatic heterocycles. The Hall–Kier alpha value is -1.85. The molecule has 0 unspecified atom stereocenters. The van der Waals surface area contributed by atoms with Crippen LogP contribution in [0, 0.1) is 0 Å². The van der Waals surface area contributed by atoms with Crippen molar-refractivity contribution >= 4 is 11.6 Å². The van der Waals surface area contributed by atoms with Gasteiger partial charge in [0, 0.05) is 11.1 Å². The molecule has 0 bridgehead atoms. The maximum absolute atomic E-state index is 12.2. The lowest BCUT2D eigenvalue weighted by Gasteiger charge is -2.17. The highest BCUT2D eigenvalue weighted by atomic mass is 35.5. The fraction of sp³-hybridized carbons (Fsp3) is 0.286. The molecule has 0 spiro atoms. The molecule has 0 amide bonds. The van der Waals surface area contributed by atoms with Crippen LogP contribution in [0.3, 0.4) is 0 Å². The minimum absolute atomic E-state index is 0.0157. The molecule has 1 N–H and O–H groups in total. The van der Waals surface area contributed by atoms with E-state index in [0.717, 1.165) is 0 Å². The molecule has 5 nitrogen and oxygen atoms in total. The summed E-state index contributed by atoms with van der Waals surface area (Å²) < 4.78 is 6.54. The lowest BCUT2D eigenvalue weighted by Crippen LogP contribution is -2.31. The summed E-state index contributed by atoms with van der Waals surface area (Å²) in [7, 11) is 0. The predicted octanol–water partition coefficient (Wildman–Crippen LogP) is 2.04. The number of ether oxygens (including phenoxy) is 1. The second kappa shape index (κ2) is 5.64. The lowest BCUT2D eigenvalue weighted by molar-refractivity contribution is 0.0278. The van der Waals surface area contributed by atoms with Crippen molar-refractivity contribution in [2.75, 3.05) is 6.61 Å². The van der Waals surface area contributed by atoms with Gasteiger partial charge in [0.05, 0.1) is 17.5 Å². The van der Waals surface area contributed by atoms with E-state index in [-0.39, 0.29) is 12.4 Å². The number of aromatic nitrogens is 2. The SMILES string of the molecule is CC(C)(O)COc1ccnn(-c2cccc(Cl)c2)c1=O. The van der Waals surface area contributed by atoms with E-state index in [0.29, 0.717) is 10.7 Å². The zero-order valence-electron chi connectivity index (χ0n) is 11.2. The van der Waals surface area contributed by atoms with Gasteiger partial charge in [-0.3, -0.25) is 4.79 Å². The van der Waals surface area contributed by atoms with Crippen molar-refractivity contribution in [2.45, 2.75) is 19.4 Å². The van der Waals surface area contributed by atoms with Gasteiger partial charge in [-0.1, -0.05) is 17.7 Å². The molecule has 0 radical (unpaired) electrons. The molecule has 106 valence electrons. The van der Waals surface area contributed by atoms with E-state index in [4.69, 9.17) is 16.3 Å². The molecular formula is C14H15ClN2O3. The fourth-order valence-electron chi connectivity index (χ4n) is 1.55. The topological polar surface area (TPSA) is 64.3 Å². The molecule has 0 saturated carbocycles. The Balaban J connectivity index is 2.35. The number of halogens is 1. The van der Waals surface area contributed by atoms with Crippen LogP contribution in [0.1, 0.15) is 13.8 Å². The first-order valence-corrected chi connectivity index (χ1v) is 6.44. The molecule has 1 aromatic carbocycles. The normalized spacial score (nSPS) is 11.4. The summed E-state index contributed by atoms with van der Waals surface area (Å²) in [6, 6.07) is 8.27. The molecular weight excluding hydrogens is 280 g/mol. The minimum Gasteiger partial charge on any atom is -0.485 e. The monoisotopic (exact) mass is 294 g/mol. The first-order chi connectivity index (χ1) is 9.37. The first-order valence-electron chi connectivity index (χ1n) is 6.06. The van der Waals surface area contributed by atoms with E-state index < -0.39 is 11.2 Å². The summed E-state index contributed by atoms with van der Waals surface area (Å²) >= 11 is 5.90. The van der Waals surface area contributed by atoms with Gasteiger partial charge >= 0.3 is 5.56 Å². The third-order valence-electron chi connectivity index (χ3n) is 2.44. The number of rotatable bonds is 4. The molecule has 6 heteroatoms. The first kappa shape index (κ1) is 14.6. The molecule has 1 aromatic heterocycles. The number of aliphatic hydroxyl groups is 1. The average molecular weight is 295 g/mol. The van der Waals surface area contributed by atoms with Crippen LogP contribution < -0.4 is 10.3 Å². The van der Waals surface area contributed by atoms with Crippen molar-refractivity contribution < 1.29 is 9.84 Å². The molecule has 0 aliphatic rings. The van der Waals surface area contributed by atoms with Gasteiger partial charge in [0.25, 0.3) is 0 Å². The highest BCUT2D eigenvalue weighted by Crippen LogP contribution is 2.14. The maximum Gasteiger partial charge on any atom is 0.313 e. The van der Waals surface area contributed by atoms with Crippen molar-refractivity contribution in [1.82, 2.24) is 9.78 Å². The standard InChI is InChI=1S/C14H15ClN2O3/c1-14(2,19)9-20-12-6-7-16-17(13(12)18)11-5-3-4-10(15)8-11/h3-8,19H,9H2,1-2H3. The van der Waals surface area contributed by atoms with Crippen LogP contribution in [0.15, 0.2) is 41.3 Å². The van der Waals surface area contributed by atoms with E-state index in [1.807, 2.05) is 0 Å². The van der Waals surface area contributed by atoms with Gasteiger partial charge in [0.15, 0.2) is 5.75 Å². The summed E-state index contributed by atoms with van der Waals surface area (Å²) in [5.41, 5.74) is -0.869. The van der Waals surface area contributed by atoms with E-state index in [1.54, 1.807) is 38.1 Å². The van der Waals surface area contributed by atoms with Crippen molar-refractivity contribution in [3.63, 3.8) is 0 Å². The Labute approximate surface area is 121 Å². The predicted molar refractivity (Wildman–Crippen MR) is 76.6 cm³/mol. The minimum atomic E-state index is -1.02. The lowest BCUT2D eigenvalue weighted by atomic mass is 10.2. The van der Waals surface area contributed by atoms with Gasteiger partial charge < -0.3 is 9.84 Å². The number of nitrogens with zero attached hydrogens (tertiary/aromatic N) is 2. The summed E-state index contributed by atoms with van der Waals surface area (Å²) in [6.45, 7) is 3.22. The number of benzene rings is 1. The highest BCUT2D eigenvalue weighted by molar-refractivity contribution is 6.30. The molecule has 0 atom stereocenters. The van der Waals surface area contributed by atoms with Gasteiger partial charge in [-0.05, 0) is 32.0 Å². The van der Waals surface area contributed by atoms with E-state index in [9.17, 15) is 9.90 Å². The Kier molecular flexibility index (Phi) is 4.11. The molecule has 20 heavy (non-hydrogen) atoms. The largest absolute Gasteiger partial charge is 0.485 e. The van der Waals surface area contributed by atoms with Gasteiger partial charge in [-0.15, -0.1) is 0 Å². The van der Waals surface area contributed by atoms with Crippen LogP contribution in [0.2, 0.25) is 5.02 Å². The van der Waals surface area contributed by atoms with Gasteiger partial charge in [-0.25, -0.2) is 0 Å². The van der Waals surface area contributed by atoms with E-state index in [1.165, 1.54) is 16.9 Å². The van der Waals surface area contributed by atoms with Gasteiger partial charge in [-0.2, -0.15) is 9.78 Å². The summed E-state index contributed by atoms with van der Waals surface area (Å²) in [4.78, 5) is 12.2. The molecule has 0 aliphatic carbocycles.